The molecular weight excluding hydrogens is 276 g/mol. The number of aromatic nitrogens is 2. The Balaban J connectivity index is 2.65. The van der Waals surface area contributed by atoms with Crippen LogP contribution >= 0.6 is 11.6 Å². The van der Waals surface area contributed by atoms with E-state index in [-0.39, 0.29) is 34.0 Å². The van der Waals surface area contributed by atoms with Crippen molar-refractivity contribution < 1.29 is 14.7 Å². The van der Waals surface area contributed by atoms with Crippen LogP contribution in [0.4, 0.5) is 11.4 Å². The van der Waals surface area contributed by atoms with Crippen molar-refractivity contribution in [1.82, 2.24) is 10.3 Å². The van der Waals surface area contributed by atoms with Crippen molar-refractivity contribution in [3.05, 3.63) is 21.2 Å². The van der Waals surface area contributed by atoms with Gasteiger partial charge < -0.3 is 10.4 Å². The molecule has 19 heavy (non-hydrogen) atoms. The van der Waals surface area contributed by atoms with Crippen LogP contribution in [0.15, 0.2) is 10.7 Å². The van der Waals surface area contributed by atoms with Crippen molar-refractivity contribution in [3.8, 4) is 0 Å². The van der Waals surface area contributed by atoms with Crippen LogP contribution in [0.3, 0.4) is 0 Å². The van der Waals surface area contributed by atoms with Gasteiger partial charge in [-0.25, -0.2) is 4.63 Å². The Morgan fingerprint density at radius 3 is 2.74 bits per heavy atom. The Labute approximate surface area is 112 Å². The van der Waals surface area contributed by atoms with E-state index >= 15 is 0 Å². The first-order valence-corrected chi connectivity index (χ1v) is 5.72. The summed E-state index contributed by atoms with van der Waals surface area (Å²) in [6.07, 6.45) is 0. The SMILES string of the molecule is CC(C)(CO)Nc1cc(Cl)c2nonc2c1[N+](=O)[O-]. The zero-order valence-electron chi connectivity index (χ0n) is 10.2. The number of anilines is 1. The summed E-state index contributed by atoms with van der Waals surface area (Å²) in [5.41, 5.74) is -0.798. The fourth-order valence-electron chi connectivity index (χ4n) is 1.58. The van der Waals surface area contributed by atoms with Crippen LogP contribution in [0, 0.1) is 10.1 Å². The third-order valence-corrected chi connectivity index (χ3v) is 2.80. The van der Waals surface area contributed by atoms with Gasteiger partial charge in [-0.05, 0) is 30.2 Å². The highest BCUT2D eigenvalue weighted by atomic mass is 35.5. The highest BCUT2D eigenvalue weighted by Crippen LogP contribution is 2.37. The van der Waals surface area contributed by atoms with E-state index < -0.39 is 10.5 Å². The van der Waals surface area contributed by atoms with Crippen LogP contribution in [0.5, 0.6) is 0 Å². The Kier molecular flexibility index (Phi) is 3.29. The number of nitrogens with zero attached hydrogens (tertiary/aromatic N) is 3. The predicted molar refractivity (Wildman–Crippen MR) is 68.3 cm³/mol. The Hall–Kier alpha value is -1.93. The van der Waals surface area contributed by atoms with Gasteiger partial charge in [0.15, 0.2) is 5.52 Å². The number of rotatable bonds is 4. The number of nitro benzene ring substituents is 1. The molecule has 0 radical (unpaired) electrons. The Bertz CT molecular complexity index is 640. The lowest BCUT2D eigenvalue weighted by Gasteiger charge is -2.24. The molecule has 102 valence electrons. The molecule has 0 amide bonds. The lowest BCUT2D eigenvalue weighted by molar-refractivity contribution is -0.382. The molecule has 0 unspecified atom stereocenters. The molecule has 1 aromatic heterocycles. The van der Waals surface area contributed by atoms with Crippen LogP contribution in [-0.4, -0.2) is 32.5 Å². The summed E-state index contributed by atoms with van der Waals surface area (Å²) in [7, 11) is 0. The molecule has 0 spiro atoms. The molecule has 1 heterocycles. The number of nitrogens with one attached hydrogen (secondary N) is 1. The summed E-state index contributed by atoms with van der Waals surface area (Å²) in [4.78, 5) is 10.6. The molecule has 0 atom stereocenters. The third kappa shape index (κ3) is 2.45. The van der Waals surface area contributed by atoms with Gasteiger partial charge in [-0.1, -0.05) is 11.6 Å². The molecule has 0 fully saturated rings. The van der Waals surface area contributed by atoms with Crippen molar-refractivity contribution in [2.45, 2.75) is 19.4 Å². The molecule has 0 aliphatic rings. The number of fused-ring (bicyclic) bond motifs is 1. The van der Waals surface area contributed by atoms with Crippen molar-refractivity contribution in [2.75, 3.05) is 11.9 Å². The number of aliphatic hydroxyl groups is 1. The molecule has 9 heteroatoms. The summed E-state index contributed by atoms with van der Waals surface area (Å²) in [6, 6.07) is 1.36. The summed E-state index contributed by atoms with van der Waals surface area (Å²) in [5.74, 6) is 0. The third-order valence-electron chi connectivity index (χ3n) is 2.52. The Morgan fingerprint density at radius 2 is 2.16 bits per heavy atom. The second kappa shape index (κ2) is 4.63. The van der Waals surface area contributed by atoms with Gasteiger partial charge in [0.1, 0.15) is 5.69 Å². The van der Waals surface area contributed by atoms with Gasteiger partial charge in [0.25, 0.3) is 0 Å². The molecule has 2 N–H and O–H groups in total. The lowest BCUT2D eigenvalue weighted by Crippen LogP contribution is -2.35. The van der Waals surface area contributed by atoms with E-state index in [1.165, 1.54) is 6.07 Å². The lowest BCUT2D eigenvalue weighted by atomic mass is 10.1. The zero-order chi connectivity index (χ0) is 14.2. The summed E-state index contributed by atoms with van der Waals surface area (Å²) >= 11 is 5.96. The largest absolute Gasteiger partial charge is 0.394 e. The van der Waals surface area contributed by atoms with Crippen molar-refractivity contribution in [3.63, 3.8) is 0 Å². The quantitative estimate of drug-likeness (QED) is 0.652. The monoisotopic (exact) mass is 286 g/mol. The van der Waals surface area contributed by atoms with E-state index in [1.54, 1.807) is 13.8 Å². The van der Waals surface area contributed by atoms with E-state index in [9.17, 15) is 15.2 Å². The molecule has 8 nitrogen and oxygen atoms in total. The normalized spacial score (nSPS) is 11.8. The minimum absolute atomic E-state index is 0.0336. The minimum Gasteiger partial charge on any atom is -0.394 e. The van der Waals surface area contributed by atoms with Crippen LogP contribution in [-0.2, 0) is 0 Å². The molecule has 0 bridgehead atoms. The topological polar surface area (TPSA) is 114 Å². The van der Waals surface area contributed by atoms with Crippen LogP contribution in [0.25, 0.3) is 11.0 Å². The van der Waals surface area contributed by atoms with E-state index in [4.69, 9.17) is 11.6 Å². The van der Waals surface area contributed by atoms with E-state index in [0.29, 0.717) is 0 Å². The fourth-order valence-corrected chi connectivity index (χ4v) is 1.81. The molecule has 0 aliphatic heterocycles. The average Bonchev–Trinajstić information content (AvgIpc) is 2.77. The first-order chi connectivity index (χ1) is 8.85. The number of hydrogen-bond donors (Lipinski definition) is 2. The second-order valence-electron chi connectivity index (χ2n) is 4.64. The maximum Gasteiger partial charge on any atom is 0.323 e. The van der Waals surface area contributed by atoms with Gasteiger partial charge in [-0.2, -0.15) is 0 Å². The number of hydrogen-bond acceptors (Lipinski definition) is 7. The van der Waals surface area contributed by atoms with Crippen molar-refractivity contribution in [2.24, 2.45) is 0 Å². The summed E-state index contributed by atoms with van der Waals surface area (Å²) in [6.45, 7) is 3.17. The van der Waals surface area contributed by atoms with Crippen molar-refractivity contribution in [1.29, 1.82) is 0 Å². The number of nitro groups is 1. The van der Waals surface area contributed by atoms with Gasteiger partial charge in [-0.3, -0.25) is 10.1 Å². The van der Waals surface area contributed by atoms with E-state index in [0.717, 1.165) is 0 Å². The average molecular weight is 287 g/mol. The van der Waals surface area contributed by atoms with E-state index in [1.807, 2.05) is 0 Å². The smallest absolute Gasteiger partial charge is 0.323 e. The van der Waals surface area contributed by atoms with Crippen LogP contribution < -0.4 is 5.32 Å². The Morgan fingerprint density at radius 1 is 1.53 bits per heavy atom. The van der Waals surface area contributed by atoms with Gasteiger partial charge in [0.05, 0.1) is 22.1 Å². The number of halogens is 1. The van der Waals surface area contributed by atoms with Gasteiger partial charge in [-0.15, -0.1) is 0 Å². The van der Waals surface area contributed by atoms with Crippen LogP contribution in [0.2, 0.25) is 5.02 Å². The predicted octanol–water partition coefficient (Wildman–Crippen LogP) is 1.97. The maximum atomic E-state index is 11.2. The molecule has 1 aromatic carbocycles. The molecule has 0 saturated carbocycles. The van der Waals surface area contributed by atoms with Gasteiger partial charge >= 0.3 is 5.69 Å². The maximum absolute atomic E-state index is 11.2. The number of aliphatic hydroxyl groups excluding tert-OH is 1. The van der Waals surface area contributed by atoms with Gasteiger partial charge in [0.2, 0.25) is 5.52 Å². The van der Waals surface area contributed by atoms with E-state index in [2.05, 4.69) is 20.3 Å². The van der Waals surface area contributed by atoms with Gasteiger partial charge in [0, 0.05) is 0 Å². The first-order valence-electron chi connectivity index (χ1n) is 5.34. The second-order valence-corrected chi connectivity index (χ2v) is 5.05. The van der Waals surface area contributed by atoms with Crippen molar-refractivity contribution >= 4 is 34.0 Å². The van der Waals surface area contributed by atoms with Crippen LogP contribution in [0.1, 0.15) is 13.8 Å². The minimum atomic E-state index is -0.751. The standard InChI is InChI=1S/C10H11ClN4O4/c1-10(2,4-16)12-6-3-5(11)7-8(14-19-13-7)9(6)15(17)18/h3,12,16H,4H2,1-2H3. The number of benzene rings is 1. The summed E-state index contributed by atoms with van der Waals surface area (Å²) < 4.78 is 4.48. The molecule has 2 aromatic rings. The molecule has 0 aliphatic carbocycles. The first kappa shape index (κ1) is 13.5. The highest BCUT2D eigenvalue weighted by molar-refractivity contribution is 6.35. The summed E-state index contributed by atoms with van der Waals surface area (Å²) in [5, 5.41) is 30.4. The molecular formula is C10H11ClN4O4. The zero-order valence-corrected chi connectivity index (χ0v) is 10.9. The molecule has 2 rings (SSSR count). The fraction of sp³-hybridized carbons (Fsp3) is 0.400. The highest BCUT2D eigenvalue weighted by Gasteiger charge is 2.28. The molecule has 0 saturated heterocycles.